The van der Waals surface area contributed by atoms with Crippen LogP contribution < -0.4 is 0 Å². The van der Waals surface area contributed by atoms with Gasteiger partial charge in [0.05, 0.1) is 6.54 Å². The summed E-state index contributed by atoms with van der Waals surface area (Å²) in [6, 6.07) is 2.66. The molecule has 0 heterocycles. The van der Waals surface area contributed by atoms with E-state index in [9.17, 15) is 13.6 Å². The molecule has 0 unspecified atom stereocenters. The van der Waals surface area contributed by atoms with Crippen LogP contribution in [0.4, 0.5) is 8.78 Å². The second-order valence-electron chi connectivity index (χ2n) is 3.65. The molecule has 0 saturated heterocycles. The van der Waals surface area contributed by atoms with E-state index in [1.165, 1.54) is 4.90 Å². The lowest BCUT2D eigenvalue weighted by Gasteiger charge is -2.23. The highest BCUT2D eigenvalue weighted by molar-refractivity contribution is 5.69. The van der Waals surface area contributed by atoms with Crippen LogP contribution in [0, 0.1) is 11.6 Å². The fraction of sp³-hybridized carbons (Fsp3) is 0.364. The first-order valence-electron chi connectivity index (χ1n) is 4.78. The molecule has 1 aromatic rings. The quantitative estimate of drug-likeness (QED) is 0.858. The third-order valence-corrected chi connectivity index (χ3v) is 2.45. The monoisotopic (exact) mass is 229 g/mol. The number of hydrogen-bond donors (Lipinski definition) is 1. The van der Waals surface area contributed by atoms with Gasteiger partial charge >= 0.3 is 5.97 Å². The van der Waals surface area contributed by atoms with Crippen LogP contribution in [-0.2, 0) is 4.79 Å². The summed E-state index contributed by atoms with van der Waals surface area (Å²) in [6.45, 7) is 1.40. The summed E-state index contributed by atoms with van der Waals surface area (Å²) >= 11 is 0. The van der Waals surface area contributed by atoms with E-state index >= 15 is 0 Å². The van der Waals surface area contributed by atoms with Gasteiger partial charge in [-0.3, -0.25) is 9.69 Å². The number of nitrogens with zero attached hydrogens (tertiary/aromatic N) is 1. The Morgan fingerprint density at radius 3 is 2.69 bits per heavy atom. The molecule has 0 spiro atoms. The Hall–Kier alpha value is -1.49. The second kappa shape index (κ2) is 5.03. The van der Waals surface area contributed by atoms with Crippen molar-refractivity contribution in [3.05, 3.63) is 35.4 Å². The molecule has 0 aliphatic carbocycles. The van der Waals surface area contributed by atoms with Gasteiger partial charge in [-0.15, -0.1) is 0 Å². The first-order chi connectivity index (χ1) is 7.41. The van der Waals surface area contributed by atoms with Gasteiger partial charge in [-0.1, -0.05) is 0 Å². The molecule has 0 aliphatic heterocycles. The molecule has 0 saturated carbocycles. The molecule has 0 amide bonds. The van der Waals surface area contributed by atoms with Gasteiger partial charge in [-0.25, -0.2) is 8.78 Å². The molecule has 88 valence electrons. The van der Waals surface area contributed by atoms with Crippen LogP contribution in [0.5, 0.6) is 0 Å². The van der Waals surface area contributed by atoms with Crippen molar-refractivity contribution < 1.29 is 18.7 Å². The average Bonchev–Trinajstić information content (AvgIpc) is 2.19. The highest BCUT2D eigenvalue weighted by atomic mass is 19.1. The number of carboxylic acids is 1. The maximum absolute atomic E-state index is 13.4. The highest BCUT2D eigenvalue weighted by Gasteiger charge is 2.18. The van der Waals surface area contributed by atoms with Gasteiger partial charge < -0.3 is 5.11 Å². The lowest BCUT2D eigenvalue weighted by atomic mass is 10.1. The zero-order valence-corrected chi connectivity index (χ0v) is 9.08. The van der Waals surface area contributed by atoms with E-state index in [0.717, 1.165) is 18.2 Å². The van der Waals surface area contributed by atoms with Crippen molar-refractivity contribution >= 4 is 5.97 Å². The van der Waals surface area contributed by atoms with Crippen LogP contribution in [0.1, 0.15) is 18.5 Å². The molecule has 0 aliphatic rings. The molecular formula is C11H13F2NO2. The lowest BCUT2D eigenvalue weighted by molar-refractivity contribution is -0.138. The summed E-state index contributed by atoms with van der Waals surface area (Å²) in [5.41, 5.74) is 0.156. The Bertz CT molecular complexity index is 396. The molecule has 16 heavy (non-hydrogen) atoms. The topological polar surface area (TPSA) is 40.5 Å². The minimum Gasteiger partial charge on any atom is -0.480 e. The van der Waals surface area contributed by atoms with E-state index in [1.807, 2.05) is 0 Å². The molecule has 0 radical (unpaired) electrons. The maximum atomic E-state index is 13.4. The summed E-state index contributed by atoms with van der Waals surface area (Å²) in [7, 11) is 1.54. The van der Waals surface area contributed by atoms with Crippen molar-refractivity contribution in [1.82, 2.24) is 4.90 Å². The Kier molecular flexibility index (Phi) is 3.95. The first-order valence-corrected chi connectivity index (χ1v) is 4.78. The van der Waals surface area contributed by atoms with Crippen LogP contribution in [0.15, 0.2) is 18.2 Å². The van der Waals surface area contributed by atoms with Crippen molar-refractivity contribution in [1.29, 1.82) is 0 Å². The number of aliphatic carboxylic acids is 1. The minimum atomic E-state index is -1.01. The minimum absolute atomic E-state index is 0.156. The Morgan fingerprint density at radius 2 is 2.12 bits per heavy atom. The number of halogens is 2. The summed E-state index contributed by atoms with van der Waals surface area (Å²) in [5, 5.41) is 8.59. The Balaban J connectivity index is 2.90. The largest absolute Gasteiger partial charge is 0.480 e. The number of benzene rings is 1. The van der Waals surface area contributed by atoms with E-state index in [0.29, 0.717) is 0 Å². The molecule has 3 nitrogen and oxygen atoms in total. The van der Waals surface area contributed by atoms with E-state index in [-0.39, 0.29) is 12.1 Å². The summed E-state index contributed by atoms with van der Waals surface area (Å²) in [5.74, 6) is -2.08. The standard InChI is InChI=1S/C11H13F2NO2/c1-7(14(2)6-11(15)16)9-5-8(12)3-4-10(9)13/h3-5,7H,6H2,1-2H3,(H,15,16)/t7-/m1/s1. The van der Waals surface area contributed by atoms with Crippen molar-refractivity contribution in [2.45, 2.75) is 13.0 Å². The fourth-order valence-electron chi connectivity index (χ4n) is 1.42. The fourth-order valence-corrected chi connectivity index (χ4v) is 1.42. The smallest absolute Gasteiger partial charge is 0.317 e. The van der Waals surface area contributed by atoms with Gasteiger partial charge in [0.1, 0.15) is 11.6 Å². The average molecular weight is 229 g/mol. The van der Waals surface area contributed by atoms with Crippen molar-refractivity contribution in [3.8, 4) is 0 Å². The van der Waals surface area contributed by atoms with Gasteiger partial charge in [0.15, 0.2) is 0 Å². The molecule has 0 bridgehead atoms. The van der Waals surface area contributed by atoms with E-state index < -0.39 is 23.6 Å². The van der Waals surface area contributed by atoms with Gasteiger partial charge in [-0.2, -0.15) is 0 Å². The lowest BCUT2D eigenvalue weighted by Crippen LogP contribution is -2.29. The second-order valence-corrected chi connectivity index (χ2v) is 3.65. The van der Waals surface area contributed by atoms with Crippen molar-refractivity contribution in [2.24, 2.45) is 0 Å². The normalized spacial score (nSPS) is 12.8. The molecule has 1 rings (SSSR count). The predicted molar refractivity (Wildman–Crippen MR) is 55.0 cm³/mol. The number of carboxylic acid groups (broad SMARTS) is 1. The van der Waals surface area contributed by atoms with E-state index in [1.54, 1.807) is 14.0 Å². The van der Waals surface area contributed by atoms with Gasteiger partial charge in [0.25, 0.3) is 0 Å². The van der Waals surface area contributed by atoms with Crippen LogP contribution in [0.3, 0.4) is 0 Å². The summed E-state index contributed by atoms with van der Waals surface area (Å²) < 4.78 is 26.3. The third kappa shape index (κ3) is 3.00. The van der Waals surface area contributed by atoms with Crippen LogP contribution in [0.25, 0.3) is 0 Å². The molecule has 5 heteroatoms. The Labute approximate surface area is 92.3 Å². The van der Waals surface area contributed by atoms with Crippen molar-refractivity contribution in [2.75, 3.05) is 13.6 Å². The number of likely N-dealkylation sites (N-methyl/N-ethyl adjacent to an activating group) is 1. The van der Waals surface area contributed by atoms with Crippen LogP contribution in [-0.4, -0.2) is 29.6 Å². The van der Waals surface area contributed by atoms with Crippen LogP contribution in [0.2, 0.25) is 0 Å². The molecule has 0 fully saturated rings. The highest BCUT2D eigenvalue weighted by Crippen LogP contribution is 2.22. The summed E-state index contributed by atoms with van der Waals surface area (Å²) in [4.78, 5) is 11.9. The number of carbonyl (C=O) groups is 1. The van der Waals surface area contributed by atoms with Gasteiger partial charge in [-0.05, 0) is 32.2 Å². The first kappa shape index (κ1) is 12.6. The zero-order chi connectivity index (χ0) is 12.3. The zero-order valence-electron chi connectivity index (χ0n) is 9.08. The molecule has 0 aromatic heterocycles. The molecule has 1 N–H and O–H groups in total. The molecular weight excluding hydrogens is 216 g/mol. The van der Waals surface area contributed by atoms with E-state index in [4.69, 9.17) is 5.11 Å². The third-order valence-electron chi connectivity index (χ3n) is 2.45. The van der Waals surface area contributed by atoms with Gasteiger partial charge in [0.2, 0.25) is 0 Å². The SMILES string of the molecule is C[C@H](c1cc(F)ccc1F)N(C)CC(=O)O. The van der Waals surface area contributed by atoms with Crippen LogP contribution >= 0.6 is 0 Å². The molecule has 1 atom stereocenters. The Morgan fingerprint density at radius 1 is 1.50 bits per heavy atom. The van der Waals surface area contributed by atoms with Crippen molar-refractivity contribution in [3.63, 3.8) is 0 Å². The maximum Gasteiger partial charge on any atom is 0.317 e. The number of rotatable bonds is 4. The predicted octanol–water partition coefficient (Wildman–Crippen LogP) is 2.04. The van der Waals surface area contributed by atoms with E-state index in [2.05, 4.69) is 0 Å². The van der Waals surface area contributed by atoms with Gasteiger partial charge in [0, 0.05) is 11.6 Å². The summed E-state index contributed by atoms with van der Waals surface area (Å²) in [6.07, 6.45) is 0. The molecule has 1 aromatic carbocycles. The number of hydrogen-bond acceptors (Lipinski definition) is 2.